The van der Waals surface area contributed by atoms with Crippen LogP contribution in [0, 0.1) is 6.92 Å². The van der Waals surface area contributed by atoms with Crippen molar-refractivity contribution in [2.75, 3.05) is 11.9 Å². The summed E-state index contributed by atoms with van der Waals surface area (Å²) >= 11 is 7.06. The molecule has 0 aliphatic heterocycles. The van der Waals surface area contributed by atoms with Gasteiger partial charge in [0.25, 0.3) is 0 Å². The minimum absolute atomic E-state index is 0.102. The van der Waals surface area contributed by atoms with E-state index in [9.17, 15) is 0 Å². The Labute approximate surface area is 130 Å². The molecule has 1 atom stereocenters. The molecule has 0 radical (unpaired) electrons. The molecule has 2 aromatic rings. The van der Waals surface area contributed by atoms with Crippen molar-refractivity contribution in [3.63, 3.8) is 0 Å². The molecule has 0 heterocycles. The summed E-state index contributed by atoms with van der Waals surface area (Å²) in [5, 5.41) is 3.47. The summed E-state index contributed by atoms with van der Waals surface area (Å²) in [5.74, 6) is 0. The van der Waals surface area contributed by atoms with Crippen molar-refractivity contribution in [3.05, 3.63) is 62.5 Å². The van der Waals surface area contributed by atoms with Gasteiger partial charge < -0.3 is 11.1 Å². The van der Waals surface area contributed by atoms with Crippen LogP contribution in [0.1, 0.15) is 17.2 Å². The summed E-state index contributed by atoms with van der Waals surface area (Å²) in [6.07, 6.45) is 0. The molecule has 2 nitrogen and oxygen atoms in total. The van der Waals surface area contributed by atoms with Crippen LogP contribution in [-0.2, 0) is 0 Å². The lowest BCUT2D eigenvalue weighted by Gasteiger charge is -2.20. The minimum Gasteiger partial charge on any atom is -0.376 e. The molecule has 0 bridgehead atoms. The third-order valence-electron chi connectivity index (χ3n) is 3.02. The van der Waals surface area contributed by atoms with Gasteiger partial charge in [0.05, 0.1) is 6.04 Å². The van der Waals surface area contributed by atoms with Crippen LogP contribution < -0.4 is 11.1 Å². The molecule has 100 valence electrons. The van der Waals surface area contributed by atoms with E-state index in [-0.39, 0.29) is 6.04 Å². The smallest absolute Gasteiger partial charge is 0.0636 e. The normalized spacial score (nSPS) is 12.2. The first-order chi connectivity index (χ1) is 9.11. The van der Waals surface area contributed by atoms with Gasteiger partial charge in [-0.25, -0.2) is 0 Å². The van der Waals surface area contributed by atoms with Gasteiger partial charge in [-0.3, -0.25) is 0 Å². The number of hydrogen-bond acceptors (Lipinski definition) is 2. The zero-order valence-corrected chi connectivity index (χ0v) is 13.8. The lowest BCUT2D eigenvalue weighted by atomic mass is 10.0. The summed E-state index contributed by atoms with van der Waals surface area (Å²) in [5.41, 5.74) is 9.36. The average molecular weight is 384 g/mol. The quantitative estimate of drug-likeness (QED) is 0.807. The minimum atomic E-state index is 0.102. The Morgan fingerprint density at radius 3 is 2.47 bits per heavy atom. The van der Waals surface area contributed by atoms with Gasteiger partial charge in [-0.05, 0) is 52.2 Å². The molecule has 19 heavy (non-hydrogen) atoms. The first-order valence-corrected chi connectivity index (χ1v) is 7.67. The standard InChI is InChI=1S/C15H16Br2N2/c1-10-8-11(6-7-12(10)16)15(9-18)19-14-5-3-2-4-13(14)17/h2-8,15,19H,9,18H2,1H3. The Kier molecular flexibility index (Phi) is 5.02. The maximum atomic E-state index is 5.90. The van der Waals surface area contributed by atoms with Gasteiger partial charge in [-0.2, -0.15) is 0 Å². The predicted octanol–water partition coefficient (Wildman–Crippen LogP) is 4.63. The van der Waals surface area contributed by atoms with Crippen molar-refractivity contribution in [3.8, 4) is 0 Å². The first-order valence-electron chi connectivity index (χ1n) is 6.09. The molecular formula is C15H16Br2N2. The molecule has 4 heteroatoms. The molecule has 2 rings (SSSR count). The Bertz CT molecular complexity index is 570. The average Bonchev–Trinajstić information content (AvgIpc) is 2.41. The van der Waals surface area contributed by atoms with Crippen LogP contribution >= 0.6 is 31.9 Å². The van der Waals surface area contributed by atoms with Crippen LogP contribution in [0.4, 0.5) is 5.69 Å². The van der Waals surface area contributed by atoms with Gasteiger partial charge in [0, 0.05) is 21.2 Å². The lowest BCUT2D eigenvalue weighted by Crippen LogP contribution is -2.20. The highest BCUT2D eigenvalue weighted by Crippen LogP contribution is 2.27. The predicted molar refractivity (Wildman–Crippen MR) is 88.4 cm³/mol. The Balaban J connectivity index is 2.25. The van der Waals surface area contributed by atoms with Crippen LogP contribution in [0.2, 0.25) is 0 Å². The largest absolute Gasteiger partial charge is 0.376 e. The number of hydrogen-bond donors (Lipinski definition) is 2. The number of anilines is 1. The molecule has 0 aliphatic rings. The Morgan fingerprint density at radius 2 is 1.84 bits per heavy atom. The number of aryl methyl sites for hydroxylation is 1. The van der Waals surface area contributed by atoms with Gasteiger partial charge in [0.2, 0.25) is 0 Å². The van der Waals surface area contributed by atoms with Crippen molar-refractivity contribution in [1.82, 2.24) is 0 Å². The van der Waals surface area contributed by atoms with Crippen LogP contribution in [0.25, 0.3) is 0 Å². The van der Waals surface area contributed by atoms with Gasteiger partial charge >= 0.3 is 0 Å². The molecule has 0 saturated carbocycles. The second kappa shape index (κ2) is 6.55. The highest BCUT2D eigenvalue weighted by molar-refractivity contribution is 9.10. The second-order valence-corrected chi connectivity index (χ2v) is 6.13. The first kappa shape index (κ1) is 14.6. The third kappa shape index (κ3) is 3.59. The molecule has 0 fully saturated rings. The van der Waals surface area contributed by atoms with E-state index in [2.05, 4.69) is 62.3 Å². The maximum Gasteiger partial charge on any atom is 0.0636 e. The SMILES string of the molecule is Cc1cc(C(CN)Nc2ccccc2Br)ccc1Br. The van der Waals surface area contributed by atoms with Crippen molar-refractivity contribution in [2.45, 2.75) is 13.0 Å². The van der Waals surface area contributed by atoms with E-state index >= 15 is 0 Å². The lowest BCUT2D eigenvalue weighted by molar-refractivity contribution is 0.788. The van der Waals surface area contributed by atoms with Crippen LogP contribution in [0.5, 0.6) is 0 Å². The topological polar surface area (TPSA) is 38.0 Å². The van der Waals surface area contributed by atoms with Crippen LogP contribution in [0.3, 0.4) is 0 Å². The molecule has 0 spiro atoms. The second-order valence-electron chi connectivity index (χ2n) is 4.42. The third-order valence-corrected chi connectivity index (χ3v) is 4.60. The maximum absolute atomic E-state index is 5.90. The number of halogens is 2. The monoisotopic (exact) mass is 382 g/mol. The summed E-state index contributed by atoms with van der Waals surface area (Å²) in [6, 6.07) is 14.5. The number of benzene rings is 2. The van der Waals surface area contributed by atoms with Gasteiger partial charge in [0.15, 0.2) is 0 Å². The van der Waals surface area contributed by atoms with E-state index in [1.165, 1.54) is 11.1 Å². The van der Waals surface area contributed by atoms with Gasteiger partial charge in [-0.1, -0.05) is 40.2 Å². The molecule has 0 aromatic heterocycles. The Morgan fingerprint density at radius 1 is 1.11 bits per heavy atom. The zero-order chi connectivity index (χ0) is 13.8. The van der Waals surface area contributed by atoms with Gasteiger partial charge in [-0.15, -0.1) is 0 Å². The number of nitrogens with one attached hydrogen (secondary N) is 1. The fourth-order valence-corrected chi connectivity index (χ4v) is 2.57. The van der Waals surface area contributed by atoms with Crippen molar-refractivity contribution in [2.24, 2.45) is 5.73 Å². The van der Waals surface area contributed by atoms with E-state index in [1.54, 1.807) is 0 Å². The summed E-state index contributed by atoms with van der Waals surface area (Å²) in [7, 11) is 0. The van der Waals surface area contributed by atoms with Crippen molar-refractivity contribution in [1.29, 1.82) is 0 Å². The van der Waals surface area contributed by atoms with Crippen molar-refractivity contribution < 1.29 is 0 Å². The molecule has 3 N–H and O–H groups in total. The highest BCUT2D eigenvalue weighted by Gasteiger charge is 2.11. The molecule has 0 amide bonds. The zero-order valence-electron chi connectivity index (χ0n) is 10.7. The number of nitrogens with two attached hydrogens (primary N) is 1. The summed E-state index contributed by atoms with van der Waals surface area (Å²) in [6.45, 7) is 2.63. The fraction of sp³-hybridized carbons (Fsp3) is 0.200. The highest BCUT2D eigenvalue weighted by atomic mass is 79.9. The number of para-hydroxylation sites is 1. The van der Waals surface area contributed by atoms with Crippen LogP contribution in [-0.4, -0.2) is 6.54 Å². The van der Waals surface area contributed by atoms with E-state index in [4.69, 9.17) is 5.73 Å². The van der Waals surface area contributed by atoms with E-state index in [0.29, 0.717) is 6.54 Å². The van der Waals surface area contributed by atoms with Crippen molar-refractivity contribution >= 4 is 37.5 Å². The Hall–Kier alpha value is -0.840. The fourth-order valence-electron chi connectivity index (χ4n) is 1.93. The summed E-state index contributed by atoms with van der Waals surface area (Å²) < 4.78 is 2.16. The summed E-state index contributed by atoms with van der Waals surface area (Å²) in [4.78, 5) is 0. The molecule has 1 unspecified atom stereocenters. The molecule has 2 aromatic carbocycles. The molecule has 0 saturated heterocycles. The van der Waals surface area contributed by atoms with E-state index < -0.39 is 0 Å². The number of rotatable bonds is 4. The van der Waals surface area contributed by atoms with E-state index in [0.717, 1.165) is 14.6 Å². The van der Waals surface area contributed by atoms with E-state index in [1.807, 2.05) is 24.3 Å². The molecular weight excluding hydrogens is 368 g/mol. The van der Waals surface area contributed by atoms with Crippen LogP contribution in [0.15, 0.2) is 51.4 Å². The van der Waals surface area contributed by atoms with Gasteiger partial charge in [0.1, 0.15) is 0 Å². The molecule has 0 aliphatic carbocycles.